The molecule has 3 rings (SSSR count). The quantitative estimate of drug-likeness (QED) is 0.917. The molecule has 0 saturated carbocycles. The zero-order valence-corrected chi connectivity index (χ0v) is 12.1. The predicted molar refractivity (Wildman–Crippen MR) is 77.1 cm³/mol. The number of carbonyl (C=O) groups is 1. The first-order chi connectivity index (χ1) is 10.2. The van der Waals surface area contributed by atoms with E-state index in [0.29, 0.717) is 31.0 Å². The van der Waals surface area contributed by atoms with Crippen molar-refractivity contribution >= 4 is 17.5 Å². The van der Waals surface area contributed by atoms with E-state index in [-0.39, 0.29) is 11.9 Å². The van der Waals surface area contributed by atoms with Crippen LogP contribution in [0.5, 0.6) is 5.75 Å². The highest BCUT2D eigenvalue weighted by Gasteiger charge is 2.27. The number of hydrogen-bond acceptors (Lipinski definition) is 4. The molecule has 0 spiro atoms. The third-order valence-corrected chi connectivity index (χ3v) is 3.69. The summed E-state index contributed by atoms with van der Waals surface area (Å²) in [4.78, 5) is 15.9. The van der Waals surface area contributed by atoms with Gasteiger partial charge in [-0.3, -0.25) is 9.48 Å². The molecule has 0 unspecified atom stereocenters. The van der Waals surface area contributed by atoms with E-state index in [0.717, 1.165) is 11.3 Å². The van der Waals surface area contributed by atoms with Crippen molar-refractivity contribution in [3.63, 3.8) is 0 Å². The number of ether oxygens (including phenoxy) is 1. The minimum atomic E-state index is -0.174. The van der Waals surface area contributed by atoms with Gasteiger partial charge in [-0.2, -0.15) is 5.10 Å². The number of benzene rings is 1. The zero-order chi connectivity index (χ0) is 14.7. The lowest BCUT2D eigenvalue weighted by molar-refractivity contribution is -0.122. The molecule has 0 radical (unpaired) electrons. The van der Waals surface area contributed by atoms with Gasteiger partial charge in [-0.25, -0.2) is 4.98 Å². The maximum atomic E-state index is 12.0. The van der Waals surface area contributed by atoms with Gasteiger partial charge in [0.1, 0.15) is 25.0 Å². The first-order valence-corrected chi connectivity index (χ1v) is 7.15. The molecule has 7 heteroatoms. The number of fused-ring (bicyclic) bond motifs is 1. The zero-order valence-electron chi connectivity index (χ0n) is 11.3. The van der Waals surface area contributed by atoms with Gasteiger partial charge < -0.3 is 10.1 Å². The van der Waals surface area contributed by atoms with Gasteiger partial charge >= 0.3 is 0 Å². The molecule has 6 nitrogen and oxygen atoms in total. The minimum Gasteiger partial charge on any atom is -0.491 e. The van der Waals surface area contributed by atoms with Crippen LogP contribution >= 0.6 is 11.6 Å². The van der Waals surface area contributed by atoms with E-state index < -0.39 is 0 Å². The van der Waals surface area contributed by atoms with Gasteiger partial charge in [-0.15, -0.1) is 0 Å². The van der Waals surface area contributed by atoms with Crippen molar-refractivity contribution in [2.45, 2.75) is 25.4 Å². The van der Waals surface area contributed by atoms with Crippen LogP contribution in [0, 0.1) is 0 Å². The van der Waals surface area contributed by atoms with Gasteiger partial charge in [0.25, 0.3) is 0 Å². The molecule has 21 heavy (non-hydrogen) atoms. The summed E-state index contributed by atoms with van der Waals surface area (Å²) < 4.78 is 7.24. The number of nitrogens with zero attached hydrogens (tertiary/aromatic N) is 3. The standard InChI is InChI=1S/C14H15ClN4O2/c15-10-3-1-4-12-14(10)11(7-21-12)18-13(20)5-2-6-19-9-16-8-17-19/h1,3-4,8-9,11H,2,5-7H2,(H,18,20)/t11-/m0/s1. The molecular weight excluding hydrogens is 292 g/mol. The van der Waals surface area contributed by atoms with Crippen molar-refractivity contribution < 1.29 is 9.53 Å². The summed E-state index contributed by atoms with van der Waals surface area (Å²) >= 11 is 6.17. The van der Waals surface area contributed by atoms with Crippen molar-refractivity contribution in [2.24, 2.45) is 0 Å². The van der Waals surface area contributed by atoms with Gasteiger partial charge in [-0.1, -0.05) is 17.7 Å². The Balaban J connectivity index is 1.52. The molecule has 2 aromatic rings. The Morgan fingerprint density at radius 2 is 2.43 bits per heavy atom. The lowest BCUT2D eigenvalue weighted by atomic mass is 10.1. The van der Waals surface area contributed by atoms with Crippen molar-refractivity contribution in [3.05, 3.63) is 41.4 Å². The average molecular weight is 307 g/mol. The smallest absolute Gasteiger partial charge is 0.220 e. The second-order valence-corrected chi connectivity index (χ2v) is 5.25. The summed E-state index contributed by atoms with van der Waals surface area (Å²) in [6.07, 6.45) is 4.25. The SMILES string of the molecule is O=C(CCCn1cncn1)N[C@H]1COc2cccc(Cl)c21. The van der Waals surface area contributed by atoms with Crippen LogP contribution in [0.3, 0.4) is 0 Å². The first-order valence-electron chi connectivity index (χ1n) is 6.77. The van der Waals surface area contributed by atoms with Crippen LogP contribution < -0.4 is 10.1 Å². The Morgan fingerprint density at radius 3 is 3.24 bits per heavy atom. The van der Waals surface area contributed by atoms with Crippen molar-refractivity contribution in [1.29, 1.82) is 0 Å². The summed E-state index contributed by atoms with van der Waals surface area (Å²) in [5.41, 5.74) is 0.865. The van der Waals surface area contributed by atoms with Crippen molar-refractivity contribution in [3.8, 4) is 5.75 Å². The molecule has 1 atom stereocenters. The minimum absolute atomic E-state index is 0.0171. The highest BCUT2D eigenvalue weighted by molar-refractivity contribution is 6.31. The number of carbonyl (C=O) groups excluding carboxylic acids is 1. The van der Waals surface area contributed by atoms with Crippen LogP contribution in [-0.4, -0.2) is 27.3 Å². The second-order valence-electron chi connectivity index (χ2n) is 4.84. The number of rotatable bonds is 5. The lowest BCUT2D eigenvalue weighted by Gasteiger charge is -2.12. The van der Waals surface area contributed by atoms with E-state index in [1.165, 1.54) is 6.33 Å². The summed E-state index contributed by atoms with van der Waals surface area (Å²) in [5, 5.41) is 7.58. The molecule has 1 aliphatic heterocycles. The van der Waals surface area contributed by atoms with Crippen LogP contribution in [0.4, 0.5) is 0 Å². The number of aromatic nitrogens is 3. The van der Waals surface area contributed by atoms with E-state index in [9.17, 15) is 4.79 Å². The molecule has 1 aromatic carbocycles. The Morgan fingerprint density at radius 1 is 1.52 bits per heavy atom. The lowest BCUT2D eigenvalue weighted by Crippen LogP contribution is -2.29. The molecule has 1 aromatic heterocycles. The predicted octanol–water partition coefficient (Wildman–Crippen LogP) is 1.96. The monoisotopic (exact) mass is 306 g/mol. The van der Waals surface area contributed by atoms with Crippen LogP contribution in [0.2, 0.25) is 5.02 Å². The highest BCUT2D eigenvalue weighted by Crippen LogP contribution is 2.37. The van der Waals surface area contributed by atoms with E-state index in [2.05, 4.69) is 15.4 Å². The van der Waals surface area contributed by atoms with Crippen molar-refractivity contribution in [2.75, 3.05) is 6.61 Å². The van der Waals surface area contributed by atoms with Crippen molar-refractivity contribution in [1.82, 2.24) is 20.1 Å². The third kappa shape index (κ3) is 3.16. The summed E-state index contributed by atoms with van der Waals surface area (Å²) in [7, 11) is 0. The van der Waals surface area contributed by atoms with Crippen LogP contribution in [0.1, 0.15) is 24.4 Å². The molecule has 0 fully saturated rings. The molecule has 1 N–H and O–H groups in total. The van der Waals surface area contributed by atoms with Gasteiger partial charge in [-0.05, 0) is 18.6 Å². The van der Waals surface area contributed by atoms with Gasteiger partial charge in [0.05, 0.1) is 6.04 Å². The fourth-order valence-electron chi connectivity index (χ4n) is 2.37. The topological polar surface area (TPSA) is 69.0 Å². The van der Waals surface area contributed by atoms with Gasteiger partial charge in [0.2, 0.25) is 5.91 Å². The number of amides is 1. The summed E-state index contributed by atoms with van der Waals surface area (Å²) in [5.74, 6) is 0.729. The molecule has 0 saturated heterocycles. The molecule has 0 bridgehead atoms. The fourth-order valence-corrected chi connectivity index (χ4v) is 2.67. The van der Waals surface area contributed by atoms with Crippen LogP contribution in [-0.2, 0) is 11.3 Å². The Kier molecular flexibility index (Phi) is 4.06. The van der Waals surface area contributed by atoms with E-state index >= 15 is 0 Å². The van der Waals surface area contributed by atoms with E-state index in [4.69, 9.17) is 16.3 Å². The molecular formula is C14H15ClN4O2. The van der Waals surface area contributed by atoms with Gasteiger partial charge in [0.15, 0.2) is 0 Å². The number of aryl methyl sites for hydroxylation is 1. The molecule has 2 heterocycles. The fraction of sp³-hybridized carbons (Fsp3) is 0.357. The number of nitrogens with one attached hydrogen (secondary N) is 1. The molecule has 1 aliphatic rings. The largest absolute Gasteiger partial charge is 0.491 e. The van der Waals surface area contributed by atoms with Crippen LogP contribution in [0.15, 0.2) is 30.9 Å². The highest BCUT2D eigenvalue weighted by atomic mass is 35.5. The number of hydrogen-bond donors (Lipinski definition) is 1. The number of halogens is 1. The third-order valence-electron chi connectivity index (χ3n) is 3.36. The summed E-state index contributed by atoms with van der Waals surface area (Å²) in [6, 6.07) is 5.33. The average Bonchev–Trinajstić information content (AvgIpc) is 3.10. The normalized spacial score (nSPS) is 16.3. The van der Waals surface area contributed by atoms with Gasteiger partial charge in [0, 0.05) is 23.6 Å². The van der Waals surface area contributed by atoms with Crippen LogP contribution in [0.25, 0.3) is 0 Å². The molecule has 0 aliphatic carbocycles. The molecule has 110 valence electrons. The Labute approximate surface area is 127 Å². The second kappa shape index (κ2) is 6.13. The summed E-state index contributed by atoms with van der Waals surface area (Å²) in [6.45, 7) is 1.10. The molecule has 1 amide bonds. The maximum Gasteiger partial charge on any atom is 0.220 e. The van der Waals surface area contributed by atoms with E-state index in [1.807, 2.05) is 12.1 Å². The maximum absolute atomic E-state index is 12.0. The Hall–Kier alpha value is -2.08. The first kappa shape index (κ1) is 13.9. The Bertz CT molecular complexity index is 630. The van der Waals surface area contributed by atoms with E-state index in [1.54, 1.807) is 17.1 Å².